The number of amides is 2. The molecule has 2 aliphatic heterocycles. The molecule has 1 aromatic carbocycles. The number of carbonyl (C=O) groups excluding carboxylic acids is 2. The molecule has 1 aromatic heterocycles. The minimum Gasteiger partial charge on any atom is -0.453 e. The number of hydrogen-bond donors (Lipinski definition) is 1. The fourth-order valence-corrected chi connectivity index (χ4v) is 6.44. The van der Waals surface area contributed by atoms with Crippen molar-refractivity contribution in [1.29, 1.82) is 0 Å². The number of benzene rings is 1. The third kappa shape index (κ3) is 6.77. The predicted octanol–water partition coefficient (Wildman–Crippen LogP) is 4.71. The molecule has 3 fully saturated rings. The maximum Gasteiger partial charge on any atom is 0.407 e. The van der Waals surface area contributed by atoms with Crippen LogP contribution in [0.15, 0.2) is 30.7 Å². The third-order valence-electron chi connectivity index (χ3n) is 9.29. The minimum absolute atomic E-state index is 0.0433. The highest BCUT2D eigenvalue weighted by Gasteiger charge is 2.46. The second-order valence-corrected chi connectivity index (χ2v) is 12.5. The number of rotatable bonds is 8. The molecular weight excluding hydrogens is 539 g/mol. The largest absolute Gasteiger partial charge is 0.453 e. The van der Waals surface area contributed by atoms with Crippen LogP contribution in [0.25, 0.3) is 0 Å². The van der Waals surface area contributed by atoms with Crippen LogP contribution in [-0.2, 0) is 4.74 Å². The fraction of sp³-hybridized carbons (Fsp3) is 0.613. The van der Waals surface area contributed by atoms with Crippen LogP contribution in [0.5, 0.6) is 11.5 Å². The maximum atomic E-state index is 14.1. The van der Waals surface area contributed by atoms with Gasteiger partial charge in [-0.25, -0.2) is 19.2 Å². The monoisotopic (exact) mass is 582 g/mol. The Balaban J connectivity index is 1.15. The van der Waals surface area contributed by atoms with Crippen LogP contribution in [0.2, 0.25) is 0 Å². The summed E-state index contributed by atoms with van der Waals surface area (Å²) >= 11 is 0. The highest BCUT2D eigenvalue weighted by molar-refractivity contribution is 5.97. The smallest absolute Gasteiger partial charge is 0.407 e. The van der Waals surface area contributed by atoms with Gasteiger partial charge in [0, 0.05) is 44.2 Å². The Hall–Kier alpha value is -3.47. The average molecular weight is 583 g/mol. The molecule has 2 saturated heterocycles. The van der Waals surface area contributed by atoms with Gasteiger partial charge in [-0.15, -0.1) is 0 Å². The molecule has 42 heavy (non-hydrogen) atoms. The molecule has 1 saturated carbocycles. The number of alkyl carbamates (subject to hydrolysis) is 1. The summed E-state index contributed by atoms with van der Waals surface area (Å²) < 4.78 is 25.1. The Labute approximate surface area is 247 Å². The first-order valence-electron chi connectivity index (χ1n) is 15.0. The molecule has 10 nitrogen and oxygen atoms in total. The van der Waals surface area contributed by atoms with Gasteiger partial charge in [0.15, 0.2) is 11.6 Å². The van der Waals surface area contributed by atoms with Crippen LogP contribution in [0, 0.1) is 17.2 Å². The molecule has 1 spiro atoms. The van der Waals surface area contributed by atoms with Gasteiger partial charge < -0.3 is 29.5 Å². The van der Waals surface area contributed by atoms with E-state index in [2.05, 4.69) is 25.1 Å². The Bertz CT molecular complexity index is 1250. The van der Waals surface area contributed by atoms with E-state index >= 15 is 0 Å². The summed E-state index contributed by atoms with van der Waals surface area (Å²) in [7, 11) is 3.10. The molecule has 1 aliphatic carbocycles. The number of halogens is 1. The number of aromatic nitrogens is 2. The Kier molecular flexibility index (Phi) is 9.15. The lowest BCUT2D eigenvalue weighted by Crippen LogP contribution is -2.61. The van der Waals surface area contributed by atoms with Gasteiger partial charge in [-0.05, 0) is 89.6 Å². The molecule has 3 aliphatic rings. The van der Waals surface area contributed by atoms with E-state index in [1.807, 2.05) is 13.8 Å². The predicted molar refractivity (Wildman–Crippen MR) is 157 cm³/mol. The van der Waals surface area contributed by atoms with Gasteiger partial charge in [-0.1, -0.05) is 0 Å². The molecule has 0 unspecified atom stereocenters. The summed E-state index contributed by atoms with van der Waals surface area (Å²) in [6.45, 7) is 8.90. The Morgan fingerprint density at radius 1 is 1.14 bits per heavy atom. The number of hydrogen-bond acceptors (Lipinski definition) is 8. The normalized spacial score (nSPS) is 22.0. The van der Waals surface area contributed by atoms with Crippen molar-refractivity contribution in [2.45, 2.75) is 64.5 Å². The Morgan fingerprint density at radius 3 is 2.52 bits per heavy atom. The van der Waals surface area contributed by atoms with Crippen LogP contribution in [0.3, 0.4) is 0 Å². The highest BCUT2D eigenvalue weighted by atomic mass is 19.1. The zero-order valence-corrected chi connectivity index (χ0v) is 25.1. The number of nitrogens with one attached hydrogen (secondary N) is 1. The second kappa shape index (κ2) is 12.8. The van der Waals surface area contributed by atoms with Crippen LogP contribution >= 0.6 is 0 Å². The van der Waals surface area contributed by atoms with Gasteiger partial charge in [0.25, 0.3) is 5.91 Å². The van der Waals surface area contributed by atoms with E-state index in [1.165, 1.54) is 31.6 Å². The van der Waals surface area contributed by atoms with Crippen LogP contribution in [0.1, 0.15) is 62.7 Å². The van der Waals surface area contributed by atoms with Gasteiger partial charge in [-0.3, -0.25) is 4.79 Å². The lowest BCUT2D eigenvalue weighted by molar-refractivity contribution is 0.0613. The number of carbonyl (C=O) groups is 2. The maximum absolute atomic E-state index is 14.1. The third-order valence-corrected chi connectivity index (χ3v) is 9.29. The fourth-order valence-electron chi connectivity index (χ4n) is 6.44. The highest BCUT2D eigenvalue weighted by Crippen LogP contribution is 2.45. The van der Waals surface area contributed by atoms with Gasteiger partial charge in [0.1, 0.15) is 17.9 Å². The van der Waals surface area contributed by atoms with Crippen molar-refractivity contribution in [1.82, 2.24) is 25.1 Å². The molecule has 2 aromatic rings. The van der Waals surface area contributed by atoms with Crippen molar-refractivity contribution in [3.8, 4) is 11.5 Å². The zero-order valence-electron chi connectivity index (χ0n) is 25.1. The van der Waals surface area contributed by atoms with E-state index < -0.39 is 5.82 Å². The van der Waals surface area contributed by atoms with E-state index in [-0.39, 0.29) is 40.8 Å². The molecule has 1 N–H and O–H groups in total. The van der Waals surface area contributed by atoms with Crippen LogP contribution in [-0.4, -0.2) is 90.7 Å². The molecule has 3 heterocycles. The summed E-state index contributed by atoms with van der Waals surface area (Å²) in [5, 5.41) is 2.94. The summed E-state index contributed by atoms with van der Waals surface area (Å²) in [6.07, 6.45) is 9.36. The molecule has 11 heteroatoms. The van der Waals surface area contributed by atoms with Gasteiger partial charge >= 0.3 is 6.09 Å². The second-order valence-electron chi connectivity index (χ2n) is 12.5. The number of methoxy groups -OCH3 is 1. The van der Waals surface area contributed by atoms with Crippen molar-refractivity contribution < 1.29 is 23.5 Å². The van der Waals surface area contributed by atoms with Crippen molar-refractivity contribution in [3.63, 3.8) is 0 Å². The molecule has 5 rings (SSSR count). The van der Waals surface area contributed by atoms with Gasteiger partial charge in [-0.2, -0.15) is 0 Å². The molecule has 0 radical (unpaired) electrons. The minimum atomic E-state index is -0.494. The van der Waals surface area contributed by atoms with Crippen molar-refractivity contribution in [3.05, 3.63) is 42.1 Å². The SMILES string of the molecule is COC(=O)NC1CCC(CN2CCC3(CC2)CN(c2ncncc2Oc2ccc(F)cc2C(=O)N(C)C(C)C)C3)CC1. The summed E-state index contributed by atoms with van der Waals surface area (Å²) in [5.74, 6) is 1.30. The molecule has 228 valence electrons. The first-order valence-corrected chi connectivity index (χ1v) is 15.0. The first kappa shape index (κ1) is 30.0. The van der Waals surface area contributed by atoms with E-state index in [4.69, 9.17) is 9.47 Å². The van der Waals surface area contributed by atoms with Crippen molar-refractivity contribution in [2.24, 2.45) is 11.3 Å². The van der Waals surface area contributed by atoms with Crippen LogP contribution < -0.4 is 15.0 Å². The quantitative estimate of drug-likeness (QED) is 0.478. The van der Waals surface area contributed by atoms with Gasteiger partial charge in [0.2, 0.25) is 0 Å². The molecule has 0 atom stereocenters. The lowest BCUT2D eigenvalue weighted by Gasteiger charge is -2.54. The average Bonchev–Trinajstić information content (AvgIpc) is 2.98. The van der Waals surface area contributed by atoms with E-state index in [0.29, 0.717) is 17.5 Å². The zero-order chi connectivity index (χ0) is 29.9. The van der Waals surface area contributed by atoms with Crippen molar-refractivity contribution in [2.75, 3.05) is 51.8 Å². The summed E-state index contributed by atoms with van der Waals surface area (Å²) in [6, 6.07) is 4.19. The standard InChI is InChI=1S/C31H43FN6O4/c1-21(2)36(3)29(39)25-15-23(32)7-10-26(25)42-27-16-33-20-34-28(27)38-18-31(19-38)11-13-37(14-12-31)17-22-5-8-24(9-6-22)35-30(40)41-4/h7,10,15-16,20-22,24H,5-6,8-9,11-14,17-19H2,1-4H3,(H,35,40). The molecule has 0 bridgehead atoms. The van der Waals surface area contributed by atoms with Gasteiger partial charge in [0.05, 0.1) is 18.9 Å². The van der Waals surface area contributed by atoms with E-state index in [1.54, 1.807) is 18.1 Å². The van der Waals surface area contributed by atoms with E-state index in [9.17, 15) is 14.0 Å². The number of nitrogens with zero attached hydrogens (tertiary/aromatic N) is 5. The van der Waals surface area contributed by atoms with Crippen LogP contribution in [0.4, 0.5) is 15.0 Å². The number of anilines is 1. The Morgan fingerprint density at radius 2 is 1.86 bits per heavy atom. The summed E-state index contributed by atoms with van der Waals surface area (Å²) in [4.78, 5) is 39.6. The molecule has 2 amide bonds. The van der Waals surface area contributed by atoms with Crippen molar-refractivity contribution >= 4 is 17.8 Å². The first-order chi connectivity index (χ1) is 20.2. The topological polar surface area (TPSA) is 100 Å². The summed E-state index contributed by atoms with van der Waals surface area (Å²) in [5.41, 5.74) is 0.430. The lowest BCUT2D eigenvalue weighted by atomic mass is 9.71. The molecular formula is C31H43FN6O4. The number of ether oxygens (including phenoxy) is 2. The number of piperidine rings is 1. The van der Waals surface area contributed by atoms with E-state index in [0.717, 1.165) is 71.2 Å². The number of likely N-dealkylation sites (tertiary alicyclic amines) is 1.